The molecule has 0 aromatic carbocycles. The van der Waals surface area contributed by atoms with Gasteiger partial charge in [-0.05, 0) is 67.5 Å². The minimum absolute atomic E-state index is 0.373. The molecule has 0 atom stereocenters. The van der Waals surface area contributed by atoms with Gasteiger partial charge in [0, 0.05) is 11.1 Å². The number of hydrogen-bond acceptors (Lipinski definition) is 7. The minimum Gasteiger partial charge on any atom is -0.480 e. The first-order valence-corrected chi connectivity index (χ1v) is 9.65. The van der Waals surface area contributed by atoms with E-state index in [1.807, 2.05) is 0 Å². The molecular weight excluding hydrogens is 408 g/mol. The van der Waals surface area contributed by atoms with Crippen LogP contribution in [0.3, 0.4) is 0 Å². The van der Waals surface area contributed by atoms with Crippen molar-refractivity contribution < 1.29 is 43.3 Å². The van der Waals surface area contributed by atoms with Crippen LogP contribution >= 0.6 is 0 Å². The molecule has 170 valence electrons. The lowest BCUT2D eigenvalue weighted by atomic mass is 9.84. The van der Waals surface area contributed by atoms with Gasteiger partial charge in [-0.15, -0.1) is 0 Å². The van der Waals surface area contributed by atoms with Crippen LogP contribution in [0.2, 0.25) is 0 Å². The summed E-state index contributed by atoms with van der Waals surface area (Å²) in [6.07, 6.45) is 0. The summed E-state index contributed by atoms with van der Waals surface area (Å²) in [5.74, 6) is -4.57. The van der Waals surface area contributed by atoms with Crippen molar-refractivity contribution in [1.82, 2.24) is 0 Å². The summed E-state index contributed by atoms with van der Waals surface area (Å²) >= 11 is 0. The van der Waals surface area contributed by atoms with Gasteiger partial charge in [-0.25, -0.2) is 0 Å². The number of rotatable bonds is 8. The van der Waals surface area contributed by atoms with Crippen molar-refractivity contribution in [2.24, 2.45) is 10.8 Å². The van der Waals surface area contributed by atoms with Crippen LogP contribution in [0.15, 0.2) is 16.5 Å². The van der Waals surface area contributed by atoms with Gasteiger partial charge >= 0.3 is 23.9 Å². The number of esters is 2. The molecule has 0 aliphatic heterocycles. The summed E-state index contributed by atoms with van der Waals surface area (Å²) in [6.45, 7) is 11.2. The molecule has 2 N–H and O–H groups in total. The minimum atomic E-state index is -1.78. The van der Waals surface area contributed by atoms with Crippen LogP contribution < -0.4 is 0 Å². The van der Waals surface area contributed by atoms with Crippen molar-refractivity contribution in [2.75, 3.05) is 0 Å². The standard InChI is InChI=1S/C22H28O9/c1-19(2,15(23)24)17(27)30-21(5,6)13-11-9-10-12(29-11)14(13)22(7,8)31-18(28)20(3,4)16(25)26/h9-10H,1-8H3,(H,23,24)(H,25,26). The van der Waals surface area contributed by atoms with Crippen molar-refractivity contribution in [1.29, 1.82) is 0 Å². The molecule has 2 aromatic rings. The molecule has 0 saturated carbocycles. The normalized spacial score (nSPS) is 13.3. The lowest BCUT2D eigenvalue weighted by molar-refractivity contribution is -0.179. The summed E-state index contributed by atoms with van der Waals surface area (Å²) < 4.78 is 16.9. The van der Waals surface area contributed by atoms with E-state index in [4.69, 9.17) is 13.9 Å². The molecule has 2 rings (SSSR count). The Hall–Kier alpha value is -3.10. The van der Waals surface area contributed by atoms with Gasteiger partial charge in [0.1, 0.15) is 22.4 Å². The molecule has 2 heterocycles. The number of carboxylic acid groups (broad SMARTS) is 2. The lowest BCUT2D eigenvalue weighted by Crippen LogP contribution is -2.41. The monoisotopic (exact) mass is 436 g/mol. The molecular formula is C22H28O9. The van der Waals surface area contributed by atoms with Gasteiger partial charge < -0.3 is 24.1 Å². The Morgan fingerprint density at radius 2 is 0.968 bits per heavy atom. The van der Waals surface area contributed by atoms with Crippen LogP contribution in [0.25, 0.3) is 11.2 Å². The Morgan fingerprint density at radius 3 is 1.23 bits per heavy atom. The van der Waals surface area contributed by atoms with Gasteiger partial charge in [-0.1, -0.05) is 0 Å². The van der Waals surface area contributed by atoms with E-state index in [2.05, 4.69) is 0 Å². The molecule has 9 heteroatoms. The summed E-state index contributed by atoms with van der Waals surface area (Å²) in [6, 6.07) is 3.32. The first kappa shape index (κ1) is 24.2. The highest BCUT2D eigenvalue weighted by atomic mass is 16.6. The third kappa shape index (κ3) is 4.08. The second-order valence-corrected chi connectivity index (χ2v) is 9.57. The smallest absolute Gasteiger partial charge is 0.323 e. The first-order valence-electron chi connectivity index (χ1n) is 9.65. The highest BCUT2D eigenvalue weighted by molar-refractivity contribution is 5.99. The van der Waals surface area contributed by atoms with E-state index >= 15 is 0 Å². The third-order valence-corrected chi connectivity index (χ3v) is 5.34. The Balaban J connectivity index is 2.50. The maximum absolute atomic E-state index is 12.6. The Labute approximate surface area is 179 Å². The second kappa shape index (κ2) is 7.25. The van der Waals surface area contributed by atoms with Gasteiger partial charge in [-0.3, -0.25) is 19.2 Å². The molecule has 0 saturated heterocycles. The summed E-state index contributed by atoms with van der Waals surface area (Å²) in [7, 11) is 0. The molecule has 0 unspecified atom stereocenters. The van der Waals surface area contributed by atoms with Gasteiger partial charge in [0.25, 0.3) is 0 Å². The molecule has 9 nitrogen and oxygen atoms in total. The largest absolute Gasteiger partial charge is 0.480 e. The molecule has 0 aliphatic carbocycles. The number of carboxylic acids is 2. The first-order chi connectivity index (χ1) is 13.9. The lowest BCUT2D eigenvalue weighted by Gasteiger charge is -2.34. The quantitative estimate of drug-likeness (QED) is 0.468. The topological polar surface area (TPSA) is 140 Å². The van der Waals surface area contributed by atoms with E-state index in [0.717, 1.165) is 0 Å². The van der Waals surface area contributed by atoms with Crippen molar-refractivity contribution in [3.63, 3.8) is 0 Å². The fourth-order valence-corrected chi connectivity index (χ4v) is 3.04. The average molecular weight is 436 g/mol. The van der Waals surface area contributed by atoms with E-state index in [9.17, 15) is 29.4 Å². The Bertz CT molecular complexity index is 956. The number of aliphatic carboxylic acids is 2. The molecule has 2 bridgehead atoms. The number of fused-ring (bicyclic) bond motifs is 2. The maximum Gasteiger partial charge on any atom is 0.323 e. The predicted octanol–water partition coefficient (Wildman–Crippen LogP) is 3.65. The van der Waals surface area contributed by atoms with Gasteiger partial charge in [0.15, 0.2) is 10.8 Å². The molecule has 0 spiro atoms. The van der Waals surface area contributed by atoms with Crippen LogP contribution in [0.4, 0.5) is 0 Å². The Morgan fingerprint density at radius 1 is 0.677 bits per heavy atom. The van der Waals surface area contributed by atoms with Crippen molar-refractivity contribution >= 4 is 35.0 Å². The number of carbonyl (C=O) groups excluding carboxylic acids is 2. The van der Waals surface area contributed by atoms with E-state index in [-0.39, 0.29) is 0 Å². The Kier molecular flexibility index (Phi) is 5.65. The number of benzene rings is 1. The zero-order valence-corrected chi connectivity index (χ0v) is 18.9. The second-order valence-electron chi connectivity index (χ2n) is 9.57. The van der Waals surface area contributed by atoms with Gasteiger partial charge in [-0.2, -0.15) is 0 Å². The number of furan rings is 2. The molecule has 0 amide bonds. The zero-order valence-electron chi connectivity index (χ0n) is 18.9. The summed E-state index contributed by atoms with van der Waals surface area (Å²) in [5, 5.41) is 18.6. The average Bonchev–Trinajstić information content (AvgIpc) is 3.22. The number of hydrogen-bond donors (Lipinski definition) is 2. The molecule has 31 heavy (non-hydrogen) atoms. The van der Waals surface area contributed by atoms with E-state index < -0.39 is 45.9 Å². The van der Waals surface area contributed by atoms with E-state index in [0.29, 0.717) is 22.3 Å². The molecule has 0 aliphatic rings. The molecule has 0 fully saturated rings. The van der Waals surface area contributed by atoms with E-state index in [1.54, 1.807) is 39.8 Å². The highest BCUT2D eigenvalue weighted by Crippen LogP contribution is 2.45. The third-order valence-electron chi connectivity index (χ3n) is 5.34. The maximum atomic E-state index is 12.6. The van der Waals surface area contributed by atoms with Gasteiger partial charge in [0.2, 0.25) is 0 Å². The zero-order chi connectivity index (χ0) is 24.2. The fourth-order valence-electron chi connectivity index (χ4n) is 3.04. The predicted molar refractivity (Wildman–Crippen MR) is 108 cm³/mol. The van der Waals surface area contributed by atoms with Crippen LogP contribution in [-0.4, -0.2) is 34.1 Å². The van der Waals surface area contributed by atoms with Crippen LogP contribution in [-0.2, 0) is 39.9 Å². The summed E-state index contributed by atoms with van der Waals surface area (Å²) in [4.78, 5) is 48.0. The van der Waals surface area contributed by atoms with Crippen molar-refractivity contribution in [3.05, 3.63) is 23.3 Å². The highest BCUT2D eigenvalue weighted by Gasteiger charge is 2.47. The van der Waals surface area contributed by atoms with Crippen LogP contribution in [0.5, 0.6) is 0 Å². The molecule has 0 radical (unpaired) electrons. The number of ether oxygens (including phenoxy) is 2. The molecule has 2 aromatic heterocycles. The van der Waals surface area contributed by atoms with Crippen LogP contribution in [0, 0.1) is 10.8 Å². The number of carbonyl (C=O) groups is 4. The SMILES string of the molecule is CC(C)(C(=O)O)C(=O)OC(C)(C)c1c(C(C)(C)OC(=O)C(C)(C)C(=O)O)c2ccc1o2. The van der Waals surface area contributed by atoms with Crippen LogP contribution in [0.1, 0.15) is 66.5 Å². The van der Waals surface area contributed by atoms with Crippen molar-refractivity contribution in [3.8, 4) is 0 Å². The summed E-state index contributed by atoms with van der Waals surface area (Å²) in [5.41, 5.74) is -4.68. The van der Waals surface area contributed by atoms with Crippen molar-refractivity contribution in [2.45, 2.75) is 66.6 Å². The van der Waals surface area contributed by atoms with E-state index in [1.165, 1.54) is 27.7 Å². The fraction of sp³-hybridized carbons (Fsp3) is 0.545. The van der Waals surface area contributed by atoms with Gasteiger partial charge in [0.05, 0.1) is 0 Å².